The number of likely N-dealkylation sites (N-methyl/N-ethyl adjacent to an activating group) is 1. The maximum Gasteiger partial charge on any atom is 0.255 e. The zero-order chi connectivity index (χ0) is 13.7. The summed E-state index contributed by atoms with van der Waals surface area (Å²) in [5.41, 5.74) is 0.407. The Hall–Kier alpha value is -1.33. The lowest BCUT2D eigenvalue weighted by Crippen LogP contribution is -2.37. The summed E-state index contributed by atoms with van der Waals surface area (Å²) in [5, 5.41) is 12.4. The summed E-state index contributed by atoms with van der Waals surface area (Å²) < 4.78 is 0. The van der Waals surface area contributed by atoms with Gasteiger partial charge >= 0.3 is 0 Å². The highest BCUT2D eigenvalue weighted by atomic mass is 35.5. The Morgan fingerprint density at radius 3 is 2.83 bits per heavy atom. The fourth-order valence-corrected chi connectivity index (χ4v) is 1.61. The van der Waals surface area contributed by atoms with Gasteiger partial charge < -0.3 is 15.3 Å². The fourth-order valence-electron chi connectivity index (χ4n) is 1.38. The van der Waals surface area contributed by atoms with E-state index in [0.29, 0.717) is 22.9 Å². The Labute approximate surface area is 112 Å². The predicted octanol–water partition coefficient (Wildman–Crippen LogP) is 1.62. The van der Waals surface area contributed by atoms with Gasteiger partial charge in [-0.05, 0) is 19.9 Å². The Kier molecular flexibility index (Phi) is 5.37. The number of rotatable bonds is 5. The van der Waals surface area contributed by atoms with E-state index in [9.17, 15) is 4.79 Å². The van der Waals surface area contributed by atoms with E-state index in [1.54, 1.807) is 20.0 Å². The quantitative estimate of drug-likeness (QED) is 0.854. The van der Waals surface area contributed by atoms with Crippen molar-refractivity contribution in [3.63, 3.8) is 0 Å². The topological polar surface area (TPSA) is 65.5 Å². The summed E-state index contributed by atoms with van der Waals surface area (Å²) in [7, 11) is 1.63. The summed E-state index contributed by atoms with van der Waals surface area (Å²) in [6.07, 6.45) is 1.48. The van der Waals surface area contributed by atoms with Crippen molar-refractivity contribution in [3.8, 4) is 0 Å². The van der Waals surface area contributed by atoms with Crippen LogP contribution in [0.4, 0.5) is 5.82 Å². The first-order valence-electron chi connectivity index (χ1n) is 5.78. The van der Waals surface area contributed by atoms with Gasteiger partial charge in [-0.25, -0.2) is 4.98 Å². The number of aliphatic hydroxyl groups is 1. The van der Waals surface area contributed by atoms with E-state index in [1.807, 2.05) is 6.92 Å². The lowest BCUT2D eigenvalue weighted by atomic mass is 10.2. The van der Waals surface area contributed by atoms with E-state index in [4.69, 9.17) is 16.7 Å². The standard InChI is InChI=1S/C12H18ClN3O2/c1-4-14-11-10(13)5-9(6-15-11)12(18)16(3)8(2)7-17/h5-6,8,17H,4,7H2,1-3H3,(H,14,15). The SMILES string of the molecule is CCNc1ncc(C(=O)N(C)C(C)CO)cc1Cl. The van der Waals surface area contributed by atoms with Crippen molar-refractivity contribution >= 4 is 23.3 Å². The van der Waals surface area contributed by atoms with Crippen molar-refractivity contribution in [1.82, 2.24) is 9.88 Å². The van der Waals surface area contributed by atoms with Gasteiger partial charge in [0.15, 0.2) is 0 Å². The van der Waals surface area contributed by atoms with Crippen LogP contribution in [-0.2, 0) is 0 Å². The maximum atomic E-state index is 12.1. The second-order valence-electron chi connectivity index (χ2n) is 4.03. The van der Waals surface area contributed by atoms with E-state index in [2.05, 4.69) is 10.3 Å². The number of hydrogen-bond acceptors (Lipinski definition) is 4. The van der Waals surface area contributed by atoms with Gasteiger partial charge in [0.2, 0.25) is 0 Å². The molecule has 18 heavy (non-hydrogen) atoms. The maximum absolute atomic E-state index is 12.1. The van der Waals surface area contributed by atoms with Crippen LogP contribution in [0.2, 0.25) is 5.02 Å². The Bertz CT molecular complexity index is 426. The summed E-state index contributed by atoms with van der Waals surface area (Å²) in [6.45, 7) is 4.33. The third-order valence-electron chi connectivity index (χ3n) is 2.68. The molecule has 6 heteroatoms. The Morgan fingerprint density at radius 2 is 2.33 bits per heavy atom. The molecule has 1 rings (SSSR count). The summed E-state index contributed by atoms with van der Waals surface area (Å²) in [5.74, 6) is 0.350. The van der Waals surface area contributed by atoms with Crippen LogP contribution < -0.4 is 5.32 Å². The zero-order valence-corrected chi connectivity index (χ0v) is 11.5. The van der Waals surface area contributed by atoms with E-state index >= 15 is 0 Å². The van der Waals surface area contributed by atoms with E-state index < -0.39 is 0 Å². The second kappa shape index (κ2) is 6.56. The van der Waals surface area contributed by atoms with Gasteiger partial charge in [0.05, 0.1) is 23.2 Å². The minimum absolute atomic E-state index is 0.0844. The monoisotopic (exact) mass is 271 g/mol. The Morgan fingerprint density at radius 1 is 1.67 bits per heavy atom. The van der Waals surface area contributed by atoms with Crippen molar-refractivity contribution in [1.29, 1.82) is 0 Å². The number of nitrogens with one attached hydrogen (secondary N) is 1. The van der Waals surface area contributed by atoms with Crippen molar-refractivity contribution in [3.05, 3.63) is 22.8 Å². The number of halogens is 1. The molecule has 0 radical (unpaired) electrons. The number of aromatic nitrogens is 1. The largest absolute Gasteiger partial charge is 0.394 e. The predicted molar refractivity (Wildman–Crippen MR) is 72.1 cm³/mol. The zero-order valence-electron chi connectivity index (χ0n) is 10.8. The molecule has 0 bridgehead atoms. The van der Waals surface area contributed by atoms with Gasteiger partial charge in [-0.1, -0.05) is 11.6 Å². The van der Waals surface area contributed by atoms with Crippen LogP contribution in [0.3, 0.4) is 0 Å². The molecular weight excluding hydrogens is 254 g/mol. The number of hydrogen-bond donors (Lipinski definition) is 2. The minimum atomic E-state index is -0.246. The van der Waals surface area contributed by atoms with Gasteiger partial charge in [-0.15, -0.1) is 0 Å². The van der Waals surface area contributed by atoms with Gasteiger partial charge in [0.1, 0.15) is 5.82 Å². The first-order valence-corrected chi connectivity index (χ1v) is 6.16. The molecule has 0 saturated heterocycles. The van der Waals surface area contributed by atoms with Crippen LogP contribution in [0.15, 0.2) is 12.3 Å². The molecule has 1 amide bonds. The van der Waals surface area contributed by atoms with Crippen LogP contribution in [0.1, 0.15) is 24.2 Å². The highest BCUT2D eigenvalue weighted by Gasteiger charge is 2.18. The molecule has 0 aliphatic heterocycles. The highest BCUT2D eigenvalue weighted by molar-refractivity contribution is 6.33. The summed E-state index contributed by atoms with van der Waals surface area (Å²) in [6, 6.07) is 1.33. The van der Waals surface area contributed by atoms with E-state index in [0.717, 1.165) is 0 Å². The molecule has 0 spiro atoms. The normalized spacial score (nSPS) is 12.1. The lowest BCUT2D eigenvalue weighted by Gasteiger charge is -2.23. The number of carbonyl (C=O) groups excluding carboxylic acids is 1. The molecule has 1 atom stereocenters. The highest BCUT2D eigenvalue weighted by Crippen LogP contribution is 2.20. The van der Waals surface area contributed by atoms with E-state index in [-0.39, 0.29) is 18.6 Å². The van der Waals surface area contributed by atoms with Crippen LogP contribution in [0, 0.1) is 0 Å². The van der Waals surface area contributed by atoms with Crippen LogP contribution in [0.25, 0.3) is 0 Å². The summed E-state index contributed by atoms with van der Waals surface area (Å²) >= 11 is 6.03. The van der Waals surface area contributed by atoms with Crippen LogP contribution >= 0.6 is 11.6 Å². The van der Waals surface area contributed by atoms with Gasteiger partial charge in [-0.3, -0.25) is 4.79 Å². The minimum Gasteiger partial charge on any atom is -0.394 e. The van der Waals surface area contributed by atoms with Crippen LogP contribution in [0.5, 0.6) is 0 Å². The third kappa shape index (κ3) is 3.34. The number of amides is 1. The number of nitrogens with zero attached hydrogens (tertiary/aromatic N) is 2. The van der Waals surface area contributed by atoms with Crippen molar-refractivity contribution in [2.45, 2.75) is 19.9 Å². The molecule has 2 N–H and O–H groups in total. The molecule has 1 aromatic rings. The molecule has 0 saturated carbocycles. The molecule has 0 aromatic carbocycles. The molecular formula is C12H18ClN3O2. The van der Waals surface area contributed by atoms with E-state index in [1.165, 1.54) is 11.1 Å². The average Bonchev–Trinajstić information content (AvgIpc) is 2.38. The number of aliphatic hydroxyl groups excluding tert-OH is 1. The van der Waals surface area contributed by atoms with Crippen molar-refractivity contribution < 1.29 is 9.90 Å². The molecule has 0 aliphatic carbocycles. The first-order chi connectivity index (χ1) is 8.51. The molecule has 1 heterocycles. The number of anilines is 1. The molecule has 5 nitrogen and oxygen atoms in total. The van der Waals surface area contributed by atoms with Crippen molar-refractivity contribution in [2.75, 3.05) is 25.5 Å². The Balaban J connectivity index is 2.90. The van der Waals surface area contributed by atoms with Gasteiger partial charge in [0, 0.05) is 19.8 Å². The average molecular weight is 272 g/mol. The fraction of sp³-hybridized carbons (Fsp3) is 0.500. The molecule has 0 fully saturated rings. The van der Waals surface area contributed by atoms with Gasteiger partial charge in [0.25, 0.3) is 5.91 Å². The number of pyridine rings is 1. The molecule has 1 aromatic heterocycles. The smallest absolute Gasteiger partial charge is 0.255 e. The van der Waals surface area contributed by atoms with Gasteiger partial charge in [-0.2, -0.15) is 0 Å². The first kappa shape index (κ1) is 14.7. The lowest BCUT2D eigenvalue weighted by molar-refractivity contribution is 0.0682. The van der Waals surface area contributed by atoms with Crippen LogP contribution in [-0.4, -0.2) is 47.1 Å². The number of carbonyl (C=O) groups is 1. The summed E-state index contributed by atoms with van der Waals surface area (Å²) in [4.78, 5) is 17.6. The molecule has 0 aliphatic rings. The molecule has 1 unspecified atom stereocenters. The van der Waals surface area contributed by atoms with Crippen molar-refractivity contribution in [2.24, 2.45) is 0 Å². The molecule has 100 valence electrons. The third-order valence-corrected chi connectivity index (χ3v) is 2.97. The second-order valence-corrected chi connectivity index (χ2v) is 4.44.